The molecule has 1 rings (SSSR count). The number of carbonyl (C=O) groups excluding carboxylic acids is 1. The van der Waals surface area contributed by atoms with Crippen molar-refractivity contribution in [2.45, 2.75) is 60.4 Å². The third-order valence-electron chi connectivity index (χ3n) is 3.84. The molecule has 0 heterocycles. The summed E-state index contributed by atoms with van der Waals surface area (Å²) >= 11 is 0. The second-order valence-electron chi connectivity index (χ2n) is 7.65. The first kappa shape index (κ1) is 17.7. The Balaban J connectivity index is 2.64. The third kappa shape index (κ3) is 6.33. The van der Waals surface area contributed by atoms with Crippen molar-refractivity contribution in [2.24, 2.45) is 17.3 Å². The number of carbonyl (C=O) groups is 1. The normalized spacial score (nSPS) is 14.8. The second-order valence-corrected chi connectivity index (χ2v) is 7.65. The van der Waals surface area contributed by atoms with Gasteiger partial charge in [-0.05, 0) is 36.7 Å². The molecule has 0 aliphatic rings. The molecule has 0 fully saturated rings. The molecule has 1 aromatic carbocycles. The second kappa shape index (κ2) is 7.63. The van der Waals surface area contributed by atoms with Crippen LogP contribution in [0.2, 0.25) is 0 Å². The summed E-state index contributed by atoms with van der Waals surface area (Å²) in [5.41, 5.74) is 1.27. The molecule has 0 radical (unpaired) electrons. The smallest absolute Gasteiger partial charge is 0.223 e. The van der Waals surface area contributed by atoms with Crippen LogP contribution >= 0.6 is 0 Å². The van der Waals surface area contributed by atoms with Crippen molar-refractivity contribution >= 4 is 5.91 Å². The molecule has 0 saturated carbocycles. The van der Waals surface area contributed by atoms with Gasteiger partial charge in [-0.25, -0.2) is 0 Å². The molecule has 0 aliphatic heterocycles. The van der Waals surface area contributed by atoms with Crippen LogP contribution in [0.3, 0.4) is 0 Å². The maximum absolute atomic E-state index is 12.6. The maximum atomic E-state index is 12.6. The fourth-order valence-electron chi connectivity index (χ4n) is 2.69. The topological polar surface area (TPSA) is 29.1 Å². The van der Waals surface area contributed by atoms with Gasteiger partial charge in [0.1, 0.15) is 0 Å². The van der Waals surface area contributed by atoms with E-state index in [1.807, 2.05) is 18.2 Å². The number of hydrogen-bond donors (Lipinski definition) is 1. The van der Waals surface area contributed by atoms with Gasteiger partial charge in [0, 0.05) is 12.0 Å². The first-order valence-corrected chi connectivity index (χ1v) is 8.04. The van der Waals surface area contributed by atoms with Crippen LogP contribution in [-0.4, -0.2) is 11.9 Å². The van der Waals surface area contributed by atoms with Gasteiger partial charge in [-0.2, -0.15) is 0 Å². The lowest BCUT2D eigenvalue weighted by Crippen LogP contribution is -2.43. The number of hydrogen-bond acceptors (Lipinski definition) is 1. The Kier molecular flexibility index (Phi) is 6.44. The third-order valence-corrected chi connectivity index (χ3v) is 3.84. The molecule has 21 heavy (non-hydrogen) atoms. The number of amides is 1. The van der Waals surface area contributed by atoms with Crippen LogP contribution in [0.5, 0.6) is 0 Å². The van der Waals surface area contributed by atoms with E-state index in [4.69, 9.17) is 0 Å². The van der Waals surface area contributed by atoms with Gasteiger partial charge < -0.3 is 5.32 Å². The number of benzene rings is 1. The van der Waals surface area contributed by atoms with Gasteiger partial charge in [0.25, 0.3) is 0 Å². The van der Waals surface area contributed by atoms with Gasteiger partial charge in [0.15, 0.2) is 0 Å². The Morgan fingerprint density at radius 2 is 1.67 bits per heavy atom. The molecule has 1 aromatic rings. The molecule has 1 N–H and O–H groups in total. The summed E-state index contributed by atoms with van der Waals surface area (Å²) in [6.07, 6.45) is 1.82. The molecule has 2 nitrogen and oxygen atoms in total. The van der Waals surface area contributed by atoms with E-state index in [2.05, 4.69) is 59.0 Å². The lowest BCUT2D eigenvalue weighted by Gasteiger charge is -2.32. The SMILES string of the molecule is CC(C)CC(C(=O)NC(C)Cc1ccccc1)C(C)(C)C. The van der Waals surface area contributed by atoms with Crippen molar-refractivity contribution < 1.29 is 4.79 Å². The lowest BCUT2D eigenvalue weighted by atomic mass is 9.75. The summed E-state index contributed by atoms with van der Waals surface area (Å²) in [4.78, 5) is 12.6. The zero-order chi connectivity index (χ0) is 16.0. The highest BCUT2D eigenvalue weighted by Crippen LogP contribution is 2.31. The zero-order valence-corrected chi connectivity index (χ0v) is 14.4. The van der Waals surface area contributed by atoms with Gasteiger partial charge in [0.05, 0.1) is 0 Å². The van der Waals surface area contributed by atoms with Crippen molar-refractivity contribution in [1.29, 1.82) is 0 Å². The number of nitrogens with one attached hydrogen (secondary N) is 1. The fraction of sp³-hybridized carbons (Fsp3) is 0.632. The highest BCUT2D eigenvalue weighted by molar-refractivity contribution is 5.79. The molecule has 0 aromatic heterocycles. The minimum Gasteiger partial charge on any atom is -0.353 e. The van der Waals surface area contributed by atoms with Crippen LogP contribution in [0.4, 0.5) is 0 Å². The maximum Gasteiger partial charge on any atom is 0.223 e. The van der Waals surface area contributed by atoms with E-state index in [-0.39, 0.29) is 23.3 Å². The summed E-state index contributed by atoms with van der Waals surface area (Å²) in [6.45, 7) is 12.9. The summed E-state index contributed by atoms with van der Waals surface area (Å²) in [5, 5.41) is 3.20. The Labute approximate surface area is 130 Å². The molecule has 0 aliphatic carbocycles. The summed E-state index contributed by atoms with van der Waals surface area (Å²) in [6, 6.07) is 10.5. The quantitative estimate of drug-likeness (QED) is 0.824. The van der Waals surface area contributed by atoms with Crippen LogP contribution in [0.1, 0.15) is 53.5 Å². The lowest BCUT2D eigenvalue weighted by molar-refractivity contribution is -0.129. The predicted octanol–water partition coefficient (Wildman–Crippen LogP) is 4.44. The van der Waals surface area contributed by atoms with Crippen LogP contribution < -0.4 is 5.32 Å². The van der Waals surface area contributed by atoms with E-state index in [1.165, 1.54) is 5.56 Å². The standard InChI is InChI=1S/C19H31NO/c1-14(2)12-17(19(4,5)6)18(21)20-15(3)13-16-10-8-7-9-11-16/h7-11,14-15,17H,12-13H2,1-6H3,(H,20,21). The van der Waals surface area contributed by atoms with E-state index in [0.717, 1.165) is 12.8 Å². The molecule has 0 bridgehead atoms. The monoisotopic (exact) mass is 289 g/mol. The fourth-order valence-corrected chi connectivity index (χ4v) is 2.69. The molecular weight excluding hydrogens is 258 g/mol. The Morgan fingerprint density at radius 1 is 1.10 bits per heavy atom. The van der Waals surface area contributed by atoms with Crippen molar-refractivity contribution in [3.8, 4) is 0 Å². The molecule has 2 atom stereocenters. The Bertz CT molecular complexity index is 431. The molecular formula is C19H31NO. The predicted molar refractivity (Wildman–Crippen MR) is 90.2 cm³/mol. The van der Waals surface area contributed by atoms with Crippen molar-refractivity contribution in [3.63, 3.8) is 0 Å². The molecule has 0 spiro atoms. The number of rotatable bonds is 6. The summed E-state index contributed by atoms with van der Waals surface area (Å²) < 4.78 is 0. The highest BCUT2D eigenvalue weighted by atomic mass is 16.2. The van der Waals surface area contributed by atoms with Crippen LogP contribution in [-0.2, 0) is 11.2 Å². The zero-order valence-electron chi connectivity index (χ0n) is 14.4. The minimum atomic E-state index is 0.000814. The van der Waals surface area contributed by atoms with Gasteiger partial charge in [-0.15, -0.1) is 0 Å². The Hall–Kier alpha value is -1.31. The van der Waals surface area contributed by atoms with Crippen molar-refractivity contribution in [3.05, 3.63) is 35.9 Å². The molecule has 118 valence electrons. The summed E-state index contributed by atoms with van der Waals surface area (Å²) in [7, 11) is 0. The van der Waals surface area contributed by atoms with Gasteiger partial charge in [-0.3, -0.25) is 4.79 Å². The molecule has 1 amide bonds. The molecule has 2 unspecified atom stereocenters. The van der Waals surface area contributed by atoms with E-state index in [9.17, 15) is 4.79 Å². The largest absolute Gasteiger partial charge is 0.353 e. The van der Waals surface area contributed by atoms with Crippen LogP contribution in [0.15, 0.2) is 30.3 Å². The van der Waals surface area contributed by atoms with E-state index in [1.54, 1.807) is 0 Å². The molecule has 2 heteroatoms. The van der Waals surface area contributed by atoms with Crippen LogP contribution in [0.25, 0.3) is 0 Å². The average Bonchev–Trinajstić information content (AvgIpc) is 2.35. The molecule has 0 saturated heterocycles. The minimum absolute atomic E-state index is 0.000814. The van der Waals surface area contributed by atoms with Crippen molar-refractivity contribution in [1.82, 2.24) is 5.32 Å². The van der Waals surface area contributed by atoms with Crippen LogP contribution in [0, 0.1) is 17.3 Å². The first-order valence-electron chi connectivity index (χ1n) is 8.04. The average molecular weight is 289 g/mol. The van der Waals surface area contributed by atoms with E-state index >= 15 is 0 Å². The van der Waals surface area contributed by atoms with E-state index < -0.39 is 0 Å². The highest BCUT2D eigenvalue weighted by Gasteiger charge is 2.32. The van der Waals surface area contributed by atoms with Gasteiger partial charge in [0.2, 0.25) is 5.91 Å². The summed E-state index contributed by atoms with van der Waals surface area (Å²) in [5.74, 6) is 0.791. The van der Waals surface area contributed by atoms with E-state index in [0.29, 0.717) is 5.92 Å². The first-order chi connectivity index (χ1) is 9.70. The van der Waals surface area contributed by atoms with Gasteiger partial charge in [-0.1, -0.05) is 65.0 Å². The van der Waals surface area contributed by atoms with Gasteiger partial charge >= 0.3 is 0 Å². The van der Waals surface area contributed by atoms with Crippen molar-refractivity contribution in [2.75, 3.05) is 0 Å². The Morgan fingerprint density at radius 3 is 2.14 bits per heavy atom.